The first-order chi connectivity index (χ1) is 10.2. The summed E-state index contributed by atoms with van der Waals surface area (Å²) in [6.07, 6.45) is 1.79. The summed E-state index contributed by atoms with van der Waals surface area (Å²) < 4.78 is 10.8. The Morgan fingerprint density at radius 2 is 2.24 bits per heavy atom. The molecule has 0 fully saturated rings. The van der Waals surface area contributed by atoms with Crippen LogP contribution in [0.25, 0.3) is 0 Å². The van der Waals surface area contributed by atoms with Crippen molar-refractivity contribution in [2.75, 3.05) is 6.54 Å². The quantitative estimate of drug-likeness (QED) is 0.815. The van der Waals surface area contributed by atoms with Crippen molar-refractivity contribution in [2.45, 2.75) is 26.0 Å². The summed E-state index contributed by atoms with van der Waals surface area (Å²) in [7, 11) is 0. The second kappa shape index (κ2) is 7.50. The van der Waals surface area contributed by atoms with Gasteiger partial charge in [-0.3, -0.25) is 4.79 Å². The molecule has 2 aromatic rings. The maximum absolute atomic E-state index is 12.0. The third-order valence-electron chi connectivity index (χ3n) is 3.03. The summed E-state index contributed by atoms with van der Waals surface area (Å²) in [5, 5.41) is 2.77. The molecule has 1 unspecified atom stereocenters. The predicted octanol–water partition coefficient (Wildman–Crippen LogP) is 1.86. The highest BCUT2D eigenvalue weighted by Gasteiger charge is 2.14. The number of amides is 1. The van der Waals surface area contributed by atoms with E-state index in [4.69, 9.17) is 14.9 Å². The van der Waals surface area contributed by atoms with Gasteiger partial charge in [0.15, 0.2) is 6.10 Å². The second-order valence-corrected chi connectivity index (χ2v) is 4.74. The van der Waals surface area contributed by atoms with Crippen LogP contribution in [0.4, 0.5) is 0 Å². The normalized spacial score (nSPS) is 11.9. The molecule has 21 heavy (non-hydrogen) atoms. The minimum Gasteiger partial charge on any atom is -0.481 e. The molecule has 1 atom stereocenters. The Morgan fingerprint density at radius 3 is 2.95 bits per heavy atom. The number of hydrogen-bond acceptors (Lipinski definition) is 4. The first-order valence-corrected chi connectivity index (χ1v) is 6.95. The number of rotatable bonds is 7. The van der Waals surface area contributed by atoms with Crippen molar-refractivity contribution < 1.29 is 13.9 Å². The van der Waals surface area contributed by atoms with E-state index in [-0.39, 0.29) is 5.91 Å². The molecule has 0 aliphatic carbocycles. The minimum absolute atomic E-state index is 0.185. The van der Waals surface area contributed by atoms with Crippen molar-refractivity contribution in [1.82, 2.24) is 5.32 Å². The molecule has 0 radical (unpaired) electrons. The Bertz CT molecular complexity index is 567. The van der Waals surface area contributed by atoms with E-state index in [1.807, 2.05) is 30.3 Å². The average molecular weight is 288 g/mol. The van der Waals surface area contributed by atoms with Crippen molar-refractivity contribution in [1.29, 1.82) is 0 Å². The molecule has 0 saturated heterocycles. The summed E-state index contributed by atoms with van der Waals surface area (Å²) in [6.45, 7) is 2.66. The van der Waals surface area contributed by atoms with Crippen molar-refractivity contribution >= 4 is 5.91 Å². The third kappa shape index (κ3) is 4.65. The molecule has 1 amide bonds. The van der Waals surface area contributed by atoms with Crippen LogP contribution in [0.5, 0.6) is 5.75 Å². The topological polar surface area (TPSA) is 77.5 Å². The van der Waals surface area contributed by atoms with Gasteiger partial charge in [0.1, 0.15) is 11.5 Å². The monoisotopic (exact) mass is 288 g/mol. The molecule has 0 bridgehead atoms. The van der Waals surface area contributed by atoms with Gasteiger partial charge in [0.25, 0.3) is 5.91 Å². The van der Waals surface area contributed by atoms with Gasteiger partial charge < -0.3 is 20.2 Å². The van der Waals surface area contributed by atoms with Crippen LogP contribution >= 0.6 is 0 Å². The van der Waals surface area contributed by atoms with E-state index in [1.165, 1.54) is 0 Å². The average Bonchev–Trinajstić information content (AvgIpc) is 2.98. The van der Waals surface area contributed by atoms with Gasteiger partial charge in [-0.25, -0.2) is 0 Å². The fraction of sp³-hybridized carbons (Fsp3) is 0.312. The number of carbonyl (C=O) groups is 1. The molecule has 3 N–H and O–H groups in total. The van der Waals surface area contributed by atoms with E-state index in [2.05, 4.69) is 5.32 Å². The highest BCUT2D eigenvalue weighted by Crippen LogP contribution is 2.15. The number of ether oxygens (including phenoxy) is 1. The fourth-order valence-corrected chi connectivity index (χ4v) is 1.93. The van der Waals surface area contributed by atoms with Gasteiger partial charge in [0, 0.05) is 0 Å². The van der Waals surface area contributed by atoms with E-state index < -0.39 is 6.10 Å². The molecular formula is C16H20N2O3. The van der Waals surface area contributed by atoms with Crippen LogP contribution < -0.4 is 15.8 Å². The second-order valence-electron chi connectivity index (χ2n) is 4.74. The Balaban J connectivity index is 1.86. The Labute approximate surface area is 124 Å². The zero-order chi connectivity index (χ0) is 15.1. The van der Waals surface area contributed by atoms with Crippen LogP contribution in [0.2, 0.25) is 0 Å². The van der Waals surface area contributed by atoms with E-state index in [1.54, 1.807) is 19.3 Å². The lowest BCUT2D eigenvalue weighted by Crippen LogP contribution is -2.35. The lowest BCUT2D eigenvalue weighted by molar-refractivity contribution is -0.127. The van der Waals surface area contributed by atoms with Crippen LogP contribution in [0.3, 0.4) is 0 Å². The molecule has 0 spiro atoms. The SMILES string of the molecule is CC(Oc1cccc(CCN)c1)C(=O)NCc1ccco1. The van der Waals surface area contributed by atoms with E-state index in [0.29, 0.717) is 24.6 Å². The molecule has 1 aromatic heterocycles. The van der Waals surface area contributed by atoms with Gasteiger partial charge in [-0.1, -0.05) is 12.1 Å². The molecular weight excluding hydrogens is 268 g/mol. The summed E-state index contributed by atoms with van der Waals surface area (Å²) in [4.78, 5) is 12.0. The van der Waals surface area contributed by atoms with Gasteiger partial charge in [-0.05, 0) is 49.7 Å². The molecule has 5 nitrogen and oxygen atoms in total. The first-order valence-electron chi connectivity index (χ1n) is 6.95. The number of benzene rings is 1. The standard InChI is InChI=1S/C16H20N2O3/c1-12(16(19)18-11-15-6-3-9-20-15)21-14-5-2-4-13(10-14)7-8-17/h2-6,9-10,12H,7-8,11,17H2,1H3,(H,18,19). The van der Waals surface area contributed by atoms with E-state index in [0.717, 1.165) is 12.0 Å². The number of hydrogen-bond donors (Lipinski definition) is 2. The maximum atomic E-state index is 12.0. The lowest BCUT2D eigenvalue weighted by atomic mass is 10.1. The summed E-state index contributed by atoms with van der Waals surface area (Å²) >= 11 is 0. The van der Waals surface area contributed by atoms with Crippen LogP contribution in [0, 0.1) is 0 Å². The van der Waals surface area contributed by atoms with Gasteiger partial charge in [-0.15, -0.1) is 0 Å². The van der Waals surface area contributed by atoms with Crippen molar-refractivity contribution in [3.05, 3.63) is 54.0 Å². The summed E-state index contributed by atoms with van der Waals surface area (Å²) in [6, 6.07) is 11.2. The molecule has 112 valence electrons. The molecule has 0 saturated carbocycles. The fourth-order valence-electron chi connectivity index (χ4n) is 1.93. The zero-order valence-electron chi connectivity index (χ0n) is 12.0. The molecule has 1 heterocycles. The Kier molecular flexibility index (Phi) is 5.40. The zero-order valence-corrected chi connectivity index (χ0v) is 12.0. The molecule has 2 rings (SSSR count). The van der Waals surface area contributed by atoms with Crippen LogP contribution in [0.1, 0.15) is 18.2 Å². The predicted molar refractivity (Wildman–Crippen MR) is 79.8 cm³/mol. The lowest BCUT2D eigenvalue weighted by Gasteiger charge is -2.15. The van der Waals surface area contributed by atoms with Crippen LogP contribution in [0.15, 0.2) is 47.1 Å². The smallest absolute Gasteiger partial charge is 0.261 e. The highest BCUT2D eigenvalue weighted by molar-refractivity contribution is 5.80. The van der Waals surface area contributed by atoms with Crippen molar-refractivity contribution in [3.8, 4) is 5.75 Å². The van der Waals surface area contributed by atoms with E-state index in [9.17, 15) is 4.79 Å². The molecule has 0 aliphatic heterocycles. The highest BCUT2D eigenvalue weighted by atomic mass is 16.5. The number of carbonyl (C=O) groups excluding carboxylic acids is 1. The largest absolute Gasteiger partial charge is 0.481 e. The Hall–Kier alpha value is -2.27. The van der Waals surface area contributed by atoms with Gasteiger partial charge in [0.05, 0.1) is 12.8 Å². The van der Waals surface area contributed by atoms with Crippen molar-refractivity contribution in [3.63, 3.8) is 0 Å². The molecule has 0 aliphatic rings. The number of furan rings is 1. The van der Waals surface area contributed by atoms with Gasteiger partial charge >= 0.3 is 0 Å². The number of nitrogens with two attached hydrogens (primary N) is 1. The number of nitrogens with one attached hydrogen (secondary N) is 1. The first kappa shape index (κ1) is 15.1. The molecule has 5 heteroatoms. The Morgan fingerprint density at radius 1 is 1.38 bits per heavy atom. The van der Waals surface area contributed by atoms with E-state index >= 15 is 0 Å². The van der Waals surface area contributed by atoms with Crippen molar-refractivity contribution in [2.24, 2.45) is 5.73 Å². The summed E-state index contributed by atoms with van der Waals surface area (Å²) in [5.74, 6) is 1.19. The minimum atomic E-state index is -0.576. The van der Waals surface area contributed by atoms with Gasteiger partial charge in [-0.2, -0.15) is 0 Å². The van der Waals surface area contributed by atoms with Gasteiger partial charge in [0.2, 0.25) is 0 Å². The molecule has 1 aromatic carbocycles. The summed E-state index contributed by atoms with van der Waals surface area (Å²) in [5.41, 5.74) is 6.63. The van der Waals surface area contributed by atoms with Crippen LogP contribution in [-0.4, -0.2) is 18.6 Å². The third-order valence-corrected chi connectivity index (χ3v) is 3.03. The van der Waals surface area contributed by atoms with Crippen LogP contribution in [-0.2, 0) is 17.8 Å². The maximum Gasteiger partial charge on any atom is 0.261 e.